The van der Waals surface area contributed by atoms with Crippen LogP contribution in [0.2, 0.25) is 0 Å². The number of benzene rings is 2. The van der Waals surface area contributed by atoms with E-state index in [1.54, 1.807) is 4.90 Å². The highest BCUT2D eigenvalue weighted by molar-refractivity contribution is 7.92. The fourth-order valence-corrected chi connectivity index (χ4v) is 3.90. The molecule has 0 saturated carbocycles. The van der Waals surface area contributed by atoms with Crippen molar-refractivity contribution in [3.8, 4) is 0 Å². The van der Waals surface area contributed by atoms with E-state index >= 15 is 0 Å². The van der Waals surface area contributed by atoms with E-state index in [0.29, 0.717) is 13.1 Å². The molecular formula is C18H19F2N3O3S. The summed E-state index contributed by atoms with van der Waals surface area (Å²) in [5.74, 6) is -2.33. The van der Waals surface area contributed by atoms with Gasteiger partial charge in [-0.3, -0.25) is 9.52 Å². The molecule has 0 spiro atoms. The van der Waals surface area contributed by atoms with E-state index in [0.717, 1.165) is 31.3 Å². The molecule has 0 atom stereocenters. The van der Waals surface area contributed by atoms with Crippen molar-refractivity contribution in [2.45, 2.75) is 4.90 Å². The number of likely N-dealkylation sites (N-methyl/N-ethyl adjacent to an activating group) is 1. The minimum absolute atomic E-state index is 0.205. The van der Waals surface area contributed by atoms with Crippen molar-refractivity contribution < 1.29 is 22.0 Å². The molecule has 1 N–H and O–H groups in total. The number of sulfonamides is 1. The van der Waals surface area contributed by atoms with Gasteiger partial charge in [0.25, 0.3) is 15.9 Å². The average molecular weight is 395 g/mol. The summed E-state index contributed by atoms with van der Waals surface area (Å²) in [6.45, 7) is 2.56. The largest absolute Gasteiger partial charge is 0.336 e. The van der Waals surface area contributed by atoms with Gasteiger partial charge in [-0.05, 0) is 37.4 Å². The summed E-state index contributed by atoms with van der Waals surface area (Å²) in [5.41, 5.74) is -0.551. The molecule has 1 saturated heterocycles. The molecule has 1 heterocycles. The van der Waals surface area contributed by atoms with E-state index in [1.165, 1.54) is 24.3 Å². The second kappa shape index (κ2) is 7.61. The smallest absolute Gasteiger partial charge is 0.262 e. The highest BCUT2D eigenvalue weighted by Crippen LogP contribution is 2.23. The second-order valence-electron chi connectivity index (χ2n) is 6.33. The third-order valence-electron chi connectivity index (χ3n) is 4.38. The Morgan fingerprint density at radius 3 is 2.22 bits per heavy atom. The van der Waals surface area contributed by atoms with Crippen LogP contribution in [-0.2, 0) is 10.0 Å². The third-order valence-corrected chi connectivity index (χ3v) is 5.73. The zero-order valence-electron chi connectivity index (χ0n) is 14.7. The van der Waals surface area contributed by atoms with Crippen molar-refractivity contribution in [2.24, 2.45) is 0 Å². The lowest BCUT2D eigenvalue weighted by Gasteiger charge is -2.32. The van der Waals surface area contributed by atoms with Crippen LogP contribution in [-0.4, -0.2) is 57.4 Å². The fraction of sp³-hybridized carbons (Fsp3) is 0.278. The summed E-state index contributed by atoms with van der Waals surface area (Å²) in [6, 6.07) is 8.46. The molecule has 2 aromatic carbocycles. The number of amides is 1. The number of piperazine rings is 1. The van der Waals surface area contributed by atoms with E-state index in [-0.39, 0.29) is 16.4 Å². The van der Waals surface area contributed by atoms with Crippen molar-refractivity contribution in [2.75, 3.05) is 37.9 Å². The predicted octanol–water partition coefficient (Wildman–Crippen LogP) is 2.15. The van der Waals surface area contributed by atoms with Crippen molar-refractivity contribution >= 4 is 21.6 Å². The molecule has 6 nitrogen and oxygen atoms in total. The Morgan fingerprint density at radius 2 is 1.59 bits per heavy atom. The highest BCUT2D eigenvalue weighted by atomic mass is 32.2. The van der Waals surface area contributed by atoms with Crippen LogP contribution < -0.4 is 4.72 Å². The van der Waals surface area contributed by atoms with Crippen LogP contribution in [0.15, 0.2) is 47.4 Å². The van der Waals surface area contributed by atoms with Crippen LogP contribution >= 0.6 is 0 Å². The molecule has 27 heavy (non-hydrogen) atoms. The van der Waals surface area contributed by atoms with Gasteiger partial charge in [-0.25, -0.2) is 17.2 Å². The Kier molecular flexibility index (Phi) is 5.43. The molecule has 0 unspecified atom stereocenters. The monoisotopic (exact) mass is 395 g/mol. The number of carbonyl (C=O) groups is 1. The first kappa shape index (κ1) is 19.2. The number of para-hydroxylation sites is 1. The average Bonchev–Trinajstić information content (AvgIpc) is 2.65. The number of rotatable bonds is 4. The maximum atomic E-state index is 13.7. The highest BCUT2D eigenvalue weighted by Gasteiger charge is 2.23. The number of anilines is 1. The van der Waals surface area contributed by atoms with Gasteiger partial charge < -0.3 is 9.80 Å². The van der Waals surface area contributed by atoms with Gasteiger partial charge in [0.15, 0.2) is 0 Å². The molecule has 0 bridgehead atoms. The molecule has 2 aromatic rings. The fourth-order valence-electron chi connectivity index (χ4n) is 2.78. The Balaban J connectivity index is 1.85. The zero-order chi connectivity index (χ0) is 19.6. The van der Waals surface area contributed by atoms with Crippen molar-refractivity contribution in [3.63, 3.8) is 0 Å². The van der Waals surface area contributed by atoms with Crippen molar-refractivity contribution in [1.29, 1.82) is 0 Å². The predicted molar refractivity (Wildman–Crippen MR) is 97.0 cm³/mol. The van der Waals surface area contributed by atoms with Gasteiger partial charge >= 0.3 is 0 Å². The first-order valence-corrected chi connectivity index (χ1v) is 9.81. The van der Waals surface area contributed by atoms with Crippen LogP contribution in [0.4, 0.5) is 14.5 Å². The minimum atomic E-state index is -4.26. The lowest BCUT2D eigenvalue weighted by molar-refractivity contribution is 0.0664. The number of nitrogens with one attached hydrogen (secondary N) is 1. The first-order chi connectivity index (χ1) is 12.8. The molecular weight excluding hydrogens is 376 g/mol. The molecule has 1 aliphatic rings. The maximum Gasteiger partial charge on any atom is 0.262 e. The molecule has 0 aromatic heterocycles. The topological polar surface area (TPSA) is 69.7 Å². The summed E-state index contributed by atoms with van der Waals surface area (Å²) in [7, 11) is -2.30. The normalized spacial score (nSPS) is 15.6. The van der Waals surface area contributed by atoms with Gasteiger partial charge in [0.05, 0.1) is 4.90 Å². The van der Waals surface area contributed by atoms with Crippen LogP contribution in [0.1, 0.15) is 10.4 Å². The van der Waals surface area contributed by atoms with E-state index in [1.807, 2.05) is 11.8 Å². The Bertz CT molecular complexity index is 938. The second-order valence-corrected chi connectivity index (χ2v) is 8.01. The first-order valence-electron chi connectivity index (χ1n) is 8.32. The minimum Gasteiger partial charge on any atom is -0.336 e. The molecule has 1 amide bonds. The standard InChI is InChI=1S/C18H19F2N3O3S/c1-22-8-10-23(11-9-22)18(24)13-4-2-5-14(12-13)27(25,26)21-17-15(19)6-3-7-16(17)20/h2-7,12,21H,8-11H2,1H3. The molecule has 0 radical (unpaired) electrons. The van der Waals surface area contributed by atoms with Crippen molar-refractivity contribution in [1.82, 2.24) is 9.80 Å². The van der Waals surface area contributed by atoms with Crippen LogP contribution in [0.25, 0.3) is 0 Å². The number of nitrogens with zero attached hydrogens (tertiary/aromatic N) is 2. The molecule has 144 valence electrons. The summed E-state index contributed by atoms with van der Waals surface area (Å²) >= 11 is 0. The summed E-state index contributed by atoms with van der Waals surface area (Å²) in [4.78, 5) is 16.1. The molecule has 0 aliphatic carbocycles. The SMILES string of the molecule is CN1CCN(C(=O)c2cccc(S(=O)(=O)Nc3c(F)cccc3F)c2)CC1. The van der Waals surface area contributed by atoms with Gasteiger partial charge in [-0.2, -0.15) is 0 Å². The van der Waals surface area contributed by atoms with Crippen LogP contribution in [0, 0.1) is 11.6 Å². The van der Waals surface area contributed by atoms with E-state index in [4.69, 9.17) is 0 Å². The van der Waals surface area contributed by atoms with Crippen molar-refractivity contribution in [3.05, 3.63) is 59.7 Å². The Morgan fingerprint density at radius 1 is 1.00 bits per heavy atom. The molecule has 3 rings (SSSR count). The summed E-state index contributed by atoms with van der Waals surface area (Å²) in [6.07, 6.45) is 0. The summed E-state index contributed by atoms with van der Waals surface area (Å²) < 4.78 is 54.5. The lowest BCUT2D eigenvalue weighted by Crippen LogP contribution is -2.47. The molecule has 1 fully saturated rings. The van der Waals surface area contributed by atoms with Crippen LogP contribution in [0.3, 0.4) is 0 Å². The van der Waals surface area contributed by atoms with Crippen LogP contribution in [0.5, 0.6) is 0 Å². The van der Waals surface area contributed by atoms with Gasteiger partial charge in [-0.15, -0.1) is 0 Å². The summed E-state index contributed by atoms with van der Waals surface area (Å²) in [5, 5.41) is 0. The molecule has 1 aliphatic heterocycles. The van der Waals surface area contributed by atoms with Gasteiger partial charge in [-0.1, -0.05) is 12.1 Å². The lowest BCUT2D eigenvalue weighted by atomic mass is 10.2. The van der Waals surface area contributed by atoms with Gasteiger partial charge in [0, 0.05) is 31.7 Å². The van der Waals surface area contributed by atoms with E-state index in [9.17, 15) is 22.0 Å². The number of carbonyl (C=O) groups excluding carboxylic acids is 1. The van der Waals surface area contributed by atoms with Gasteiger partial charge in [0.1, 0.15) is 17.3 Å². The Hall–Kier alpha value is -2.52. The quantitative estimate of drug-likeness (QED) is 0.861. The number of halogens is 2. The van der Waals surface area contributed by atoms with E-state index < -0.39 is 27.3 Å². The maximum absolute atomic E-state index is 13.7. The number of hydrogen-bond donors (Lipinski definition) is 1. The van der Waals surface area contributed by atoms with Gasteiger partial charge in [0.2, 0.25) is 0 Å². The zero-order valence-corrected chi connectivity index (χ0v) is 15.5. The third kappa shape index (κ3) is 4.25. The number of hydrogen-bond acceptors (Lipinski definition) is 4. The molecule has 9 heteroatoms. The van der Waals surface area contributed by atoms with E-state index in [2.05, 4.69) is 4.90 Å². The Labute approximate surface area is 156 Å².